The van der Waals surface area contributed by atoms with E-state index in [0.29, 0.717) is 13.2 Å². The minimum Gasteiger partial charge on any atom is -0.388 e. The Morgan fingerprint density at radius 3 is 2.62 bits per heavy atom. The summed E-state index contributed by atoms with van der Waals surface area (Å²) in [6.45, 7) is 3.09. The van der Waals surface area contributed by atoms with Crippen LogP contribution in [0.15, 0.2) is 0 Å². The molecule has 1 aliphatic carbocycles. The molecule has 5 heteroatoms. The van der Waals surface area contributed by atoms with Gasteiger partial charge in [-0.25, -0.2) is 0 Å². The fourth-order valence-electron chi connectivity index (χ4n) is 1.98. The van der Waals surface area contributed by atoms with Crippen LogP contribution in [0.4, 0.5) is 0 Å². The molecule has 0 heterocycles. The SMILES string of the molecule is CCOCC(O)COC1CCC(C(N)O)C1. The molecular formula is C11H23NO4. The Hall–Kier alpha value is -0.200. The fourth-order valence-corrected chi connectivity index (χ4v) is 1.98. The lowest BCUT2D eigenvalue weighted by Gasteiger charge is -2.16. The first-order valence-corrected chi connectivity index (χ1v) is 5.94. The van der Waals surface area contributed by atoms with Gasteiger partial charge in [0.05, 0.1) is 19.3 Å². The van der Waals surface area contributed by atoms with Crippen LogP contribution in [0.1, 0.15) is 26.2 Å². The van der Waals surface area contributed by atoms with Gasteiger partial charge < -0.3 is 25.4 Å². The minimum absolute atomic E-state index is 0.111. The highest BCUT2D eigenvalue weighted by molar-refractivity contribution is 4.78. The van der Waals surface area contributed by atoms with Gasteiger partial charge in [0.2, 0.25) is 0 Å². The van der Waals surface area contributed by atoms with Crippen molar-refractivity contribution in [2.75, 3.05) is 19.8 Å². The lowest BCUT2D eigenvalue weighted by Crippen LogP contribution is -2.29. The van der Waals surface area contributed by atoms with Gasteiger partial charge in [-0.2, -0.15) is 0 Å². The first-order valence-electron chi connectivity index (χ1n) is 5.94. The molecule has 1 aliphatic rings. The predicted octanol–water partition coefficient (Wildman–Crippen LogP) is -0.154. The average molecular weight is 233 g/mol. The Bertz CT molecular complexity index is 189. The number of nitrogens with two attached hydrogens (primary N) is 1. The molecule has 96 valence electrons. The quantitative estimate of drug-likeness (QED) is 0.532. The first kappa shape index (κ1) is 13.9. The molecule has 0 aliphatic heterocycles. The predicted molar refractivity (Wildman–Crippen MR) is 59.8 cm³/mol. The molecule has 0 aromatic carbocycles. The lowest BCUT2D eigenvalue weighted by atomic mass is 10.1. The maximum Gasteiger partial charge on any atom is 0.105 e. The van der Waals surface area contributed by atoms with Crippen LogP contribution >= 0.6 is 0 Å². The Labute approximate surface area is 96.5 Å². The smallest absolute Gasteiger partial charge is 0.105 e. The van der Waals surface area contributed by atoms with Crippen molar-refractivity contribution < 1.29 is 19.7 Å². The van der Waals surface area contributed by atoms with E-state index in [4.69, 9.17) is 15.2 Å². The van der Waals surface area contributed by atoms with Crippen molar-refractivity contribution >= 4 is 0 Å². The minimum atomic E-state index is -0.748. The highest BCUT2D eigenvalue weighted by Crippen LogP contribution is 2.28. The molecule has 16 heavy (non-hydrogen) atoms. The van der Waals surface area contributed by atoms with Crippen molar-refractivity contribution in [3.63, 3.8) is 0 Å². The molecule has 0 aromatic rings. The number of aliphatic hydroxyl groups is 2. The molecule has 1 rings (SSSR count). The Kier molecular flexibility index (Phi) is 6.23. The zero-order valence-corrected chi connectivity index (χ0v) is 9.84. The summed E-state index contributed by atoms with van der Waals surface area (Å²) >= 11 is 0. The molecule has 0 amide bonds. The van der Waals surface area contributed by atoms with E-state index in [2.05, 4.69) is 0 Å². The molecule has 0 aromatic heterocycles. The second-order valence-corrected chi connectivity index (χ2v) is 4.33. The summed E-state index contributed by atoms with van der Waals surface area (Å²) in [6.07, 6.45) is 1.37. The summed E-state index contributed by atoms with van der Waals surface area (Å²) in [6, 6.07) is 0. The van der Waals surface area contributed by atoms with Crippen molar-refractivity contribution in [3.8, 4) is 0 Å². The molecular weight excluding hydrogens is 210 g/mol. The van der Waals surface area contributed by atoms with Crippen molar-refractivity contribution in [1.29, 1.82) is 0 Å². The molecule has 4 atom stereocenters. The zero-order valence-electron chi connectivity index (χ0n) is 9.84. The van der Waals surface area contributed by atoms with Gasteiger partial charge in [0.25, 0.3) is 0 Å². The van der Waals surface area contributed by atoms with E-state index in [1.54, 1.807) is 0 Å². The highest BCUT2D eigenvalue weighted by atomic mass is 16.5. The van der Waals surface area contributed by atoms with Gasteiger partial charge in [0.1, 0.15) is 12.3 Å². The zero-order chi connectivity index (χ0) is 12.0. The van der Waals surface area contributed by atoms with E-state index in [9.17, 15) is 10.2 Å². The van der Waals surface area contributed by atoms with Crippen LogP contribution in [0.3, 0.4) is 0 Å². The second kappa shape index (κ2) is 7.19. The highest BCUT2D eigenvalue weighted by Gasteiger charge is 2.29. The van der Waals surface area contributed by atoms with E-state index >= 15 is 0 Å². The average Bonchev–Trinajstić information content (AvgIpc) is 2.72. The van der Waals surface area contributed by atoms with Gasteiger partial charge in [-0.3, -0.25) is 0 Å². The topological polar surface area (TPSA) is 84.9 Å². The Morgan fingerprint density at radius 2 is 2.06 bits per heavy atom. The standard InChI is InChI=1S/C11H23NO4/c1-2-15-6-9(13)7-16-10-4-3-8(5-10)11(12)14/h8-11,13-14H,2-7,12H2,1H3. The van der Waals surface area contributed by atoms with Gasteiger partial charge in [0.15, 0.2) is 0 Å². The molecule has 0 bridgehead atoms. The molecule has 4 unspecified atom stereocenters. The van der Waals surface area contributed by atoms with Crippen LogP contribution in [0.25, 0.3) is 0 Å². The van der Waals surface area contributed by atoms with Gasteiger partial charge in [0, 0.05) is 12.5 Å². The molecule has 0 radical (unpaired) electrons. The molecule has 0 spiro atoms. The molecule has 1 fully saturated rings. The molecule has 1 saturated carbocycles. The number of rotatable bonds is 7. The first-order chi connectivity index (χ1) is 7.63. The van der Waals surface area contributed by atoms with Gasteiger partial charge in [-0.05, 0) is 26.2 Å². The van der Waals surface area contributed by atoms with E-state index in [-0.39, 0.29) is 18.6 Å². The summed E-state index contributed by atoms with van der Waals surface area (Å²) in [5.41, 5.74) is 5.41. The van der Waals surface area contributed by atoms with E-state index in [0.717, 1.165) is 19.3 Å². The normalized spacial score (nSPS) is 29.2. The van der Waals surface area contributed by atoms with E-state index in [1.165, 1.54) is 0 Å². The third-order valence-corrected chi connectivity index (χ3v) is 2.95. The lowest BCUT2D eigenvalue weighted by molar-refractivity contribution is -0.0429. The number of hydrogen-bond donors (Lipinski definition) is 3. The third kappa shape index (κ3) is 4.76. The Balaban J connectivity index is 2.10. The fraction of sp³-hybridized carbons (Fsp3) is 1.00. The molecule has 5 nitrogen and oxygen atoms in total. The van der Waals surface area contributed by atoms with E-state index in [1.807, 2.05) is 6.92 Å². The third-order valence-electron chi connectivity index (χ3n) is 2.95. The van der Waals surface area contributed by atoms with Crippen molar-refractivity contribution in [2.24, 2.45) is 11.7 Å². The summed E-state index contributed by atoms with van der Waals surface area (Å²) < 4.78 is 10.6. The second-order valence-electron chi connectivity index (χ2n) is 4.33. The van der Waals surface area contributed by atoms with Crippen LogP contribution in [0.2, 0.25) is 0 Å². The van der Waals surface area contributed by atoms with Gasteiger partial charge in [-0.15, -0.1) is 0 Å². The molecule has 0 saturated heterocycles. The van der Waals surface area contributed by atoms with Crippen LogP contribution < -0.4 is 5.73 Å². The summed E-state index contributed by atoms with van der Waals surface area (Å²) in [5.74, 6) is 0.133. The monoisotopic (exact) mass is 233 g/mol. The summed E-state index contributed by atoms with van der Waals surface area (Å²) in [7, 11) is 0. The summed E-state index contributed by atoms with van der Waals surface area (Å²) in [5, 5.41) is 18.7. The number of aliphatic hydroxyl groups excluding tert-OH is 2. The van der Waals surface area contributed by atoms with Gasteiger partial charge >= 0.3 is 0 Å². The number of ether oxygens (including phenoxy) is 2. The van der Waals surface area contributed by atoms with Crippen LogP contribution in [-0.2, 0) is 9.47 Å². The van der Waals surface area contributed by atoms with Crippen molar-refractivity contribution in [1.82, 2.24) is 0 Å². The van der Waals surface area contributed by atoms with Gasteiger partial charge in [-0.1, -0.05) is 0 Å². The van der Waals surface area contributed by atoms with Crippen LogP contribution in [0.5, 0.6) is 0 Å². The molecule has 4 N–H and O–H groups in total. The van der Waals surface area contributed by atoms with Crippen LogP contribution in [0, 0.1) is 5.92 Å². The largest absolute Gasteiger partial charge is 0.388 e. The van der Waals surface area contributed by atoms with Crippen molar-refractivity contribution in [2.45, 2.75) is 44.6 Å². The van der Waals surface area contributed by atoms with E-state index < -0.39 is 12.3 Å². The van der Waals surface area contributed by atoms with Crippen LogP contribution in [-0.4, -0.2) is 48.5 Å². The number of hydrogen-bond acceptors (Lipinski definition) is 5. The maximum absolute atomic E-state index is 9.49. The summed E-state index contributed by atoms with van der Waals surface area (Å²) in [4.78, 5) is 0. The maximum atomic E-state index is 9.49. The Morgan fingerprint density at radius 1 is 1.31 bits per heavy atom. The van der Waals surface area contributed by atoms with Crippen molar-refractivity contribution in [3.05, 3.63) is 0 Å².